The normalized spacial score (nSPS) is 20.7. The Kier molecular flexibility index (Phi) is 4.00. The summed E-state index contributed by atoms with van der Waals surface area (Å²) in [6.07, 6.45) is 10.7. The van der Waals surface area contributed by atoms with E-state index in [9.17, 15) is 0 Å². The highest BCUT2D eigenvalue weighted by Crippen LogP contribution is 2.42. The second-order valence-electron chi connectivity index (χ2n) is 5.80. The van der Waals surface area contributed by atoms with E-state index < -0.39 is 0 Å². The van der Waals surface area contributed by atoms with Crippen LogP contribution in [0.1, 0.15) is 73.4 Å². The van der Waals surface area contributed by atoms with Gasteiger partial charge in [0, 0.05) is 23.4 Å². The molecule has 0 spiro atoms. The third kappa shape index (κ3) is 2.94. The zero-order valence-electron chi connectivity index (χ0n) is 11.4. The van der Waals surface area contributed by atoms with Crippen molar-refractivity contribution in [2.24, 2.45) is 0 Å². The molecule has 0 aliphatic heterocycles. The fourth-order valence-electron chi connectivity index (χ4n) is 2.90. The van der Waals surface area contributed by atoms with Crippen molar-refractivity contribution < 1.29 is 0 Å². The number of nitrogens with zero attached hydrogens (tertiary/aromatic N) is 1. The summed E-state index contributed by atoms with van der Waals surface area (Å²) < 4.78 is 0. The van der Waals surface area contributed by atoms with Gasteiger partial charge < -0.3 is 5.32 Å². The van der Waals surface area contributed by atoms with Crippen molar-refractivity contribution in [3.8, 4) is 0 Å². The fraction of sp³-hybridized carbons (Fsp3) is 0.800. The lowest BCUT2D eigenvalue weighted by Crippen LogP contribution is -2.25. The number of aryl methyl sites for hydroxylation is 1. The van der Waals surface area contributed by atoms with Crippen LogP contribution in [0, 0.1) is 0 Å². The van der Waals surface area contributed by atoms with Gasteiger partial charge in [0.2, 0.25) is 0 Å². The molecule has 2 fully saturated rings. The standard InChI is InChI=1S/C15H24N2S/c1-2-5-14-17-15(11-8-9-11)13(18-14)10-16-12-6-3-4-7-12/h11-12,16H,2-10H2,1H3. The van der Waals surface area contributed by atoms with Gasteiger partial charge in [-0.25, -0.2) is 4.98 Å². The van der Waals surface area contributed by atoms with Gasteiger partial charge in [-0.05, 0) is 38.5 Å². The Labute approximate surface area is 114 Å². The molecule has 2 saturated carbocycles. The van der Waals surface area contributed by atoms with Crippen LogP contribution in [-0.2, 0) is 13.0 Å². The average molecular weight is 264 g/mol. The van der Waals surface area contributed by atoms with Crippen LogP contribution in [0.15, 0.2) is 0 Å². The molecule has 3 heteroatoms. The molecule has 2 nitrogen and oxygen atoms in total. The SMILES string of the molecule is CCCc1nc(C2CC2)c(CNC2CCCC2)s1. The van der Waals surface area contributed by atoms with Gasteiger partial charge >= 0.3 is 0 Å². The molecule has 100 valence electrons. The highest BCUT2D eigenvalue weighted by Gasteiger charge is 2.29. The Morgan fingerprint density at radius 1 is 1.22 bits per heavy atom. The molecule has 0 aromatic carbocycles. The predicted octanol–water partition coefficient (Wildman–Crippen LogP) is 4.01. The summed E-state index contributed by atoms with van der Waals surface area (Å²) in [4.78, 5) is 6.42. The Balaban J connectivity index is 1.64. The second kappa shape index (κ2) is 5.70. The Morgan fingerprint density at radius 2 is 2.00 bits per heavy atom. The van der Waals surface area contributed by atoms with Gasteiger partial charge in [0.05, 0.1) is 10.7 Å². The summed E-state index contributed by atoms with van der Waals surface area (Å²) in [5, 5.41) is 5.11. The number of hydrogen-bond acceptors (Lipinski definition) is 3. The summed E-state index contributed by atoms with van der Waals surface area (Å²) in [6, 6.07) is 0.772. The van der Waals surface area contributed by atoms with E-state index in [0.29, 0.717) is 0 Å². The minimum atomic E-state index is 0.772. The number of thiazole rings is 1. The zero-order valence-corrected chi connectivity index (χ0v) is 12.2. The zero-order chi connectivity index (χ0) is 12.4. The maximum Gasteiger partial charge on any atom is 0.0931 e. The second-order valence-corrected chi connectivity index (χ2v) is 6.97. The summed E-state index contributed by atoms with van der Waals surface area (Å²) in [6.45, 7) is 3.31. The van der Waals surface area contributed by atoms with Gasteiger partial charge in [-0.2, -0.15) is 0 Å². The first-order chi connectivity index (χ1) is 8.86. The van der Waals surface area contributed by atoms with Crippen molar-refractivity contribution in [2.45, 2.75) is 76.8 Å². The van der Waals surface area contributed by atoms with Gasteiger partial charge in [-0.15, -0.1) is 11.3 Å². The first kappa shape index (κ1) is 12.6. The number of aromatic nitrogens is 1. The third-order valence-corrected chi connectivity index (χ3v) is 5.24. The van der Waals surface area contributed by atoms with Crippen LogP contribution in [-0.4, -0.2) is 11.0 Å². The summed E-state index contributed by atoms with van der Waals surface area (Å²) in [5.74, 6) is 0.798. The van der Waals surface area contributed by atoms with Crippen LogP contribution in [0.25, 0.3) is 0 Å². The van der Waals surface area contributed by atoms with Crippen molar-refractivity contribution in [2.75, 3.05) is 0 Å². The van der Waals surface area contributed by atoms with Gasteiger partial charge in [-0.1, -0.05) is 19.8 Å². The van der Waals surface area contributed by atoms with Crippen molar-refractivity contribution in [1.29, 1.82) is 0 Å². The minimum absolute atomic E-state index is 0.772. The molecule has 2 aliphatic carbocycles. The molecule has 0 bridgehead atoms. The van der Waals surface area contributed by atoms with Gasteiger partial charge in [0.1, 0.15) is 0 Å². The molecule has 1 aromatic rings. The predicted molar refractivity (Wildman–Crippen MR) is 77.2 cm³/mol. The van der Waals surface area contributed by atoms with E-state index in [-0.39, 0.29) is 0 Å². The van der Waals surface area contributed by atoms with E-state index in [2.05, 4.69) is 12.2 Å². The Hall–Kier alpha value is -0.410. The molecule has 0 radical (unpaired) electrons. The van der Waals surface area contributed by atoms with Gasteiger partial charge in [0.15, 0.2) is 0 Å². The molecule has 1 heterocycles. The topological polar surface area (TPSA) is 24.9 Å². The maximum absolute atomic E-state index is 4.89. The molecular weight excluding hydrogens is 240 g/mol. The highest BCUT2D eigenvalue weighted by molar-refractivity contribution is 7.11. The molecular formula is C15H24N2S. The number of hydrogen-bond donors (Lipinski definition) is 1. The molecule has 18 heavy (non-hydrogen) atoms. The van der Waals surface area contributed by atoms with Crippen LogP contribution < -0.4 is 5.32 Å². The summed E-state index contributed by atoms with van der Waals surface area (Å²) in [7, 11) is 0. The van der Waals surface area contributed by atoms with Crippen molar-refractivity contribution in [3.05, 3.63) is 15.6 Å². The lowest BCUT2D eigenvalue weighted by atomic mass is 10.2. The van der Waals surface area contributed by atoms with Crippen molar-refractivity contribution in [1.82, 2.24) is 10.3 Å². The Bertz CT molecular complexity index is 389. The molecule has 0 unspecified atom stereocenters. The Morgan fingerprint density at radius 3 is 2.67 bits per heavy atom. The van der Waals surface area contributed by atoms with Crippen molar-refractivity contribution in [3.63, 3.8) is 0 Å². The summed E-state index contributed by atoms with van der Waals surface area (Å²) >= 11 is 1.96. The van der Waals surface area contributed by atoms with E-state index in [4.69, 9.17) is 4.98 Å². The van der Waals surface area contributed by atoms with E-state index >= 15 is 0 Å². The van der Waals surface area contributed by atoms with Crippen LogP contribution >= 0.6 is 11.3 Å². The molecule has 0 saturated heterocycles. The quantitative estimate of drug-likeness (QED) is 0.840. The highest BCUT2D eigenvalue weighted by atomic mass is 32.1. The maximum atomic E-state index is 4.89. The lowest BCUT2D eigenvalue weighted by Gasteiger charge is -2.11. The lowest BCUT2D eigenvalue weighted by molar-refractivity contribution is 0.525. The molecule has 1 aromatic heterocycles. The molecule has 0 atom stereocenters. The molecule has 0 amide bonds. The molecule has 1 N–H and O–H groups in total. The first-order valence-electron chi connectivity index (χ1n) is 7.58. The third-order valence-electron chi connectivity index (χ3n) is 4.11. The van der Waals surface area contributed by atoms with Gasteiger partial charge in [0.25, 0.3) is 0 Å². The van der Waals surface area contributed by atoms with E-state index in [1.807, 2.05) is 11.3 Å². The molecule has 3 rings (SSSR count). The summed E-state index contributed by atoms with van der Waals surface area (Å²) in [5.41, 5.74) is 1.44. The van der Waals surface area contributed by atoms with Crippen LogP contribution in [0.5, 0.6) is 0 Å². The van der Waals surface area contributed by atoms with Crippen molar-refractivity contribution >= 4 is 11.3 Å². The van der Waals surface area contributed by atoms with E-state index in [1.165, 1.54) is 60.5 Å². The number of rotatable bonds is 6. The minimum Gasteiger partial charge on any atom is -0.309 e. The smallest absolute Gasteiger partial charge is 0.0931 e. The fourth-order valence-corrected chi connectivity index (χ4v) is 4.11. The van der Waals surface area contributed by atoms with E-state index in [1.54, 1.807) is 0 Å². The average Bonchev–Trinajstić information content (AvgIpc) is 2.93. The van der Waals surface area contributed by atoms with Crippen LogP contribution in [0.3, 0.4) is 0 Å². The van der Waals surface area contributed by atoms with Crippen LogP contribution in [0.2, 0.25) is 0 Å². The number of nitrogens with one attached hydrogen (secondary N) is 1. The largest absolute Gasteiger partial charge is 0.309 e. The van der Waals surface area contributed by atoms with E-state index in [0.717, 1.165) is 24.9 Å². The van der Waals surface area contributed by atoms with Gasteiger partial charge in [-0.3, -0.25) is 0 Å². The first-order valence-corrected chi connectivity index (χ1v) is 8.40. The monoisotopic (exact) mass is 264 g/mol. The molecule has 2 aliphatic rings. The van der Waals surface area contributed by atoms with Crippen LogP contribution in [0.4, 0.5) is 0 Å².